The molecule has 0 N–H and O–H groups in total. The average Bonchev–Trinajstić information content (AvgIpc) is 3.66. The average molecular weight is 585 g/mol. The minimum Gasteiger partial charge on any atom is -0.465 e. The first-order valence-electron chi connectivity index (χ1n) is 13.5. The lowest BCUT2D eigenvalue weighted by atomic mass is 10.1. The zero-order chi connectivity index (χ0) is 27.8. The molecular weight excluding hydrogens is 548 g/mol. The number of carbonyl (C=O) groups is 3. The molecule has 0 bridgehead atoms. The highest BCUT2D eigenvalue weighted by atomic mass is 35.5. The number of ether oxygens (including phenoxy) is 1. The number of thiophene rings is 1. The van der Waals surface area contributed by atoms with E-state index in [9.17, 15) is 14.4 Å². The number of imide groups is 1. The number of unbranched alkanes of at least 4 members (excludes halogenated alkanes) is 2. The van der Waals surface area contributed by atoms with Gasteiger partial charge in [-0.25, -0.2) is 14.6 Å². The predicted octanol–water partition coefficient (Wildman–Crippen LogP) is 6.19. The van der Waals surface area contributed by atoms with Gasteiger partial charge in [-0.1, -0.05) is 38.8 Å². The molecule has 2 aromatic heterocycles. The van der Waals surface area contributed by atoms with Crippen LogP contribution in [0.1, 0.15) is 72.5 Å². The van der Waals surface area contributed by atoms with Crippen molar-refractivity contribution >= 4 is 47.7 Å². The van der Waals surface area contributed by atoms with Gasteiger partial charge in [0.1, 0.15) is 11.5 Å². The van der Waals surface area contributed by atoms with Crippen molar-refractivity contribution in [1.29, 1.82) is 0 Å². The molecule has 214 valence electrons. The number of aromatic nitrogens is 2. The Balaban J connectivity index is 0.00000441. The van der Waals surface area contributed by atoms with E-state index in [1.165, 1.54) is 12.0 Å². The van der Waals surface area contributed by atoms with Crippen LogP contribution in [0.2, 0.25) is 0 Å². The van der Waals surface area contributed by atoms with Gasteiger partial charge < -0.3 is 9.30 Å². The fourth-order valence-electron chi connectivity index (χ4n) is 4.58. The largest absolute Gasteiger partial charge is 0.465 e. The van der Waals surface area contributed by atoms with Crippen LogP contribution in [0.4, 0.5) is 4.79 Å². The Morgan fingerprint density at radius 3 is 2.38 bits per heavy atom. The quantitative estimate of drug-likeness (QED) is 0.136. The standard InChI is InChI=1S/C30H36N4O4S.ClH/c1-4-6-8-27-31-19-25(34(27)20-22-9-11-24(12-10-22)29(36)38-3)18-26-28(35)33(15-7-5-2)30(37)32(26)16-13-23-14-17-39-21-23;/h9-12,14,17-19,21H,4-8,13,15-16,20H2,1-3H3;1H/b26-18-;. The van der Waals surface area contributed by atoms with Crippen molar-refractivity contribution in [2.45, 2.75) is 58.9 Å². The number of urea groups is 1. The number of nitrogens with zero attached hydrogens (tertiary/aromatic N) is 4. The van der Waals surface area contributed by atoms with Gasteiger partial charge >= 0.3 is 12.0 Å². The molecule has 1 fully saturated rings. The zero-order valence-electron chi connectivity index (χ0n) is 23.3. The van der Waals surface area contributed by atoms with E-state index in [2.05, 4.69) is 16.9 Å². The maximum Gasteiger partial charge on any atom is 0.337 e. The fourth-order valence-corrected chi connectivity index (χ4v) is 5.29. The highest BCUT2D eigenvalue weighted by Gasteiger charge is 2.40. The number of rotatable bonds is 13. The first-order chi connectivity index (χ1) is 19.0. The van der Waals surface area contributed by atoms with Crippen LogP contribution in [0.25, 0.3) is 6.08 Å². The van der Waals surface area contributed by atoms with Gasteiger partial charge in [0.2, 0.25) is 0 Å². The molecule has 1 aromatic carbocycles. The molecule has 0 spiro atoms. The molecule has 0 atom stereocenters. The third kappa shape index (κ3) is 7.20. The second kappa shape index (κ2) is 14.8. The Kier molecular flexibility index (Phi) is 11.5. The number of amides is 3. The minimum absolute atomic E-state index is 0. The first kappa shape index (κ1) is 31.1. The number of hydrogen-bond donors (Lipinski definition) is 0. The summed E-state index contributed by atoms with van der Waals surface area (Å²) in [5.41, 5.74) is 3.78. The van der Waals surface area contributed by atoms with Gasteiger partial charge in [-0.3, -0.25) is 14.6 Å². The maximum absolute atomic E-state index is 13.5. The van der Waals surface area contributed by atoms with E-state index in [4.69, 9.17) is 9.72 Å². The van der Waals surface area contributed by atoms with E-state index in [0.717, 1.165) is 54.7 Å². The SMILES string of the molecule is CCCCc1ncc(/C=C2/C(=O)N(CCCC)C(=O)N2CCc2ccsc2)n1Cc1ccc(C(=O)OC)cc1.Cl. The van der Waals surface area contributed by atoms with Gasteiger partial charge in [-0.15, -0.1) is 12.4 Å². The summed E-state index contributed by atoms with van der Waals surface area (Å²) in [6.45, 7) is 5.55. The number of halogens is 1. The second-order valence-electron chi connectivity index (χ2n) is 9.63. The van der Waals surface area contributed by atoms with Crippen molar-refractivity contribution in [1.82, 2.24) is 19.4 Å². The summed E-state index contributed by atoms with van der Waals surface area (Å²) in [7, 11) is 1.36. The Morgan fingerprint density at radius 2 is 1.73 bits per heavy atom. The van der Waals surface area contributed by atoms with Crippen molar-refractivity contribution in [3.63, 3.8) is 0 Å². The molecule has 8 nitrogen and oxygen atoms in total. The highest BCUT2D eigenvalue weighted by Crippen LogP contribution is 2.26. The van der Waals surface area contributed by atoms with Crippen molar-refractivity contribution in [3.8, 4) is 0 Å². The number of hydrogen-bond acceptors (Lipinski definition) is 6. The molecule has 4 rings (SSSR count). The minimum atomic E-state index is -0.377. The first-order valence-corrected chi connectivity index (χ1v) is 14.5. The zero-order valence-corrected chi connectivity index (χ0v) is 24.9. The third-order valence-electron chi connectivity index (χ3n) is 6.88. The smallest absolute Gasteiger partial charge is 0.337 e. The molecule has 0 radical (unpaired) electrons. The number of esters is 1. The van der Waals surface area contributed by atoms with E-state index >= 15 is 0 Å². The van der Waals surface area contributed by atoms with Crippen LogP contribution in [0.3, 0.4) is 0 Å². The maximum atomic E-state index is 13.5. The van der Waals surface area contributed by atoms with Crippen LogP contribution in [0.5, 0.6) is 0 Å². The fraction of sp³-hybridized carbons (Fsp3) is 0.400. The summed E-state index contributed by atoms with van der Waals surface area (Å²) in [5.74, 6) is 0.284. The van der Waals surface area contributed by atoms with Crippen LogP contribution >= 0.6 is 23.7 Å². The van der Waals surface area contributed by atoms with E-state index in [0.29, 0.717) is 37.3 Å². The lowest BCUT2D eigenvalue weighted by molar-refractivity contribution is -0.123. The van der Waals surface area contributed by atoms with E-state index in [1.54, 1.807) is 34.6 Å². The highest BCUT2D eigenvalue weighted by molar-refractivity contribution is 7.07. The normalized spacial score (nSPS) is 14.2. The van der Waals surface area contributed by atoms with Gasteiger partial charge in [0.05, 0.1) is 24.6 Å². The van der Waals surface area contributed by atoms with Crippen LogP contribution in [-0.2, 0) is 28.9 Å². The molecule has 0 unspecified atom stereocenters. The molecule has 1 saturated heterocycles. The molecule has 1 aliphatic heterocycles. The van der Waals surface area contributed by atoms with E-state index in [-0.39, 0.29) is 30.3 Å². The molecule has 40 heavy (non-hydrogen) atoms. The van der Waals surface area contributed by atoms with Gasteiger partial charge in [-0.2, -0.15) is 11.3 Å². The summed E-state index contributed by atoms with van der Waals surface area (Å²) >= 11 is 1.62. The Morgan fingerprint density at radius 1 is 0.975 bits per heavy atom. The van der Waals surface area contributed by atoms with E-state index in [1.807, 2.05) is 36.6 Å². The van der Waals surface area contributed by atoms with Crippen molar-refractivity contribution in [2.24, 2.45) is 0 Å². The summed E-state index contributed by atoms with van der Waals surface area (Å²) in [6, 6.07) is 9.09. The number of aryl methyl sites for hydroxylation is 1. The molecule has 0 saturated carbocycles. The molecule has 1 aliphatic rings. The predicted molar refractivity (Wildman–Crippen MR) is 160 cm³/mol. The molecule has 3 heterocycles. The number of carbonyl (C=O) groups excluding carboxylic acids is 3. The number of imidazole rings is 1. The molecule has 3 aromatic rings. The van der Waals surface area contributed by atoms with E-state index < -0.39 is 0 Å². The van der Waals surface area contributed by atoms with Crippen molar-refractivity contribution < 1.29 is 19.1 Å². The molecule has 10 heteroatoms. The van der Waals surface area contributed by atoms with Crippen molar-refractivity contribution in [2.75, 3.05) is 20.2 Å². The Labute approximate surface area is 246 Å². The summed E-state index contributed by atoms with van der Waals surface area (Å²) < 4.78 is 6.91. The lowest BCUT2D eigenvalue weighted by Gasteiger charge is -2.17. The summed E-state index contributed by atoms with van der Waals surface area (Å²) in [4.78, 5) is 46.4. The van der Waals surface area contributed by atoms with Gasteiger partial charge in [0.25, 0.3) is 5.91 Å². The monoisotopic (exact) mass is 584 g/mol. The third-order valence-corrected chi connectivity index (χ3v) is 7.61. The van der Waals surface area contributed by atoms with Crippen LogP contribution in [0.15, 0.2) is 53.0 Å². The van der Waals surface area contributed by atoms with Crippen molar-refractivity contribution in [3.05, 3.63) is 81.2 Å². The molecular formula is C30H37ClN4O4S. The molecule has 0 aliphatic carbocycles. The van der Waals surface area contributed by atoms with Crippen LogP contribution < -0.4 is 0 Å². The summed E-state index contributed by atoms with van der Waals surface area (Å²) in [5, 5.41) is 4.09. The lowest BCUT2D eigenvalue weighted by Crippen LogP contribution is -2.34. The Hall–Kier alpha value is -3.43. The van der Waals surface area contributed by atoms with Crippen LogP contribution in [0, 0.1) is 0 Å². The van der Waals surface area contributed by atoms with Gasteiger partial charge in [-0.05, 0) is 65.4 Å². The molecule has 3 amide bonds. The van der Waals surface area contributed by atoms with Crippen LogP contribution in [-0.4, -0.2) is 57.5 Å². The Bertz CT molecular complexity index is 1320. The topological polar surface area (TPSA) is 84.7 Å². The van der Waals surface area contributed by atoms with Gasteiger partial charge in [0, 0.05) is 26.1 Å². The summed E-state index contributed by atoms with van der Waals surface area (Å²) in [6.07, 6.45) is 8.76. The number of methoxy groups -OCH3 is 1. The second-order valence-corrected chi connectivity index (χ2v) is 10.4. The van der Waals surface area contributed by atoms with Gasteiger partial charge in [0.15, 0.2) is 0 Å². The number of benzene rings is 1.